The van der Waals surface area contributed by atoms with Gasteiger partial charge in [0.15, 0.2) is 0 Å². The van der Waals surface area contributed by atoms with Crippen molar-refractivity contribution in [1.29, 1.82) is 0 Å². The summed E-state index contributed by atoms with van der Waals surface area (Å²) in [4.78, 5) is 24.7. The van der Waals surface area contributed by atoms with Gasteiger partial charge >= 0.3 is 12.0 Å². The van der Waals surface area contributed by atoms with Crippen molar-refractivity contribution in [2.24, 2.45) is 0 Å². The summed E-state index contributed by atoms with van der Waals surface area (Å²) in [7, 11) is 0. The summed E-state index contributed by atoms with van der Waals surface area (Å²) in [6.45, 7) is 7.32. The van der Waals surface area contributed by atoms with E-state index in [9.17, 15) is 9.59 Å². The Morgan fingerprint density at radius 3 is 2.80 bits per heavy atom. The van der Waals surface area contributed by atoms with Crippen LogP contribution in [0.2, 0.25) is 0 Å². The van der Waals surface area contributed by atoms with E-state index in [1.54, 1.807) is 16.7 Å². The molecule has 20 heavy (non-hydrogen) atoms. The molecule has 0 aromatic rings. The van der Waals surface area contributed by atoms with Crippen molar-refractivity contribution in [3.05, 3.63) is 0 Å². The molecule has 1 rings (SSSR count). The SMILES string of the molecule is CCOC(C)(C)CNC(=O)N1CCSCC1CC(=O)O. The Morgan fingerprint density at radius 1 is 1.50 bits per heavy atom. The van der Waals surface area contributed by atoms with Gasteiger partial charge in [-0.1, -0.05) is 0 Å². The number of hydrogen-bond acceptors (Lipinski definition) is 4. The van der Waals surface area contributed by atoms with Gasteiger partial charge in [0.05, 0.1) is 18.1 Å². The fraction of sp³-hybridized carbons (Fsp3) is 0.846. The van der Waals surface area contributed by atoms with Gasteiger partial charge in [0, 0.05) is 31.2 Å². The first-order chi connectivity index (χ1) is 9.35. The highest BCUT2D eigenvalue weighted by Crippen LogP contribution is 2.19. The molecule has 1 fully saturated rings. The minimum Gasteiger partial charge on any atom is -0.481 e. The van der Waals surface area contributed by atoms with Crippen LogP contribution >= 0.6 is 11.8 Å². The van der Waals surface area contributed by atoms with Crippen LogP contribution in [-0.2, 0) is 9.53 Å². The highest BCUT2D eigenvalue weighted by atomic mass is 32.2. The van der Waals surface area contributed by atoms with Gasteiger partial charge in [-0.05, 0) is 20.8 Å². The number of thioether (sulfide) groups is 1. The molecule has 2 N–H and O–H groups in total. The molecule has 0 spiro atoms. The molecular weight excluding hydrogens is 280 g/mol. The van der Waals surface area contributed by atoms with Crippen molar-refractivity contribution in [3.63, 3.8) is 0 Å². The van der Waals surface area contributed by atoms with Crippen molar-refractivity contribution in [3.8, 4) is 0 Å². The van der Waals surface area contributed by atoms with Gasteiger partial charge in [-0.2, -0.15) is 11.8 Å². The molecule has 1 aliphatic heterocycles. The van der Waals surface area contributed by atoms with Gasteiger partial charge in [-0.15, -0.1) is 0 Å². The Balaban J connectivity index is 2.53. The van der Waals surface area contributed by atoms with Gasteiger partial charge in [-0.3, -0.25) is 4.79 Å². The molecule has 1 unspecified atom stereocenters. The third kappa shape index (κ3) is 5.58. The maximum absolute atomic E-state index is 12.2. The van der Waals surface area contributed by atoms with Crippen LogP contribution in [0.4, 0.5) is 4.79 Å². The molecule has 2 amide bonds. The maximum Gasteiger partial charge on any atom is 0.317 e. The molecule has 1 aliphatic rings. The van der Waals surface area contributed by atoms with E-state index in [2.05, 4.69) is 5.32 Å². The smallest absolute Gasteiger partial charge is 0.317 e. The number of hydrogen-bond donors (Lipinski definition) is 2. The predicted molar refractivity (Wildman–Crippen MR) is 79.2 cm³/mol. The molecule has 116 valence electrons. The summed E-state index contributed by atoms with van der Waals surface area (Å²) in [6, 6.07) is -0.439. The number of rotatable bonds is 6. The van der Waals surface area contributed by atoms with Crippen molar-refractivity contribution >= 4 is 23.8 Å². The van der Waals surface area contributed by atoms with Crippen LogP contribution in [0.3, 0.4) is 0 Å². The van der Waals surface area contributed by atoms with E-state index < -0.39 is 11.6 Å². The lowest BCUT2D eigenvalue weighted by Gasteiger charge is -2.35. The summed E-state index contributed by atoms with van der Waals surface area (Å²) in [5.74, 6) is 0.650. The minimum atomic E-state index is -0.870. The van der Waals surface area contributed by atoms with Crippen LogP contribution in [0, 0.1) is 0 Å². The Hall–Kier alpha value is -0.950. The fourth-order valence-electron chi connectivity index (χ4n) is 2.12. The zero-order valence-electron chi connectivity index (χ0n) is 12.3. The van der Waals surface area contributed by atoms with Crippen LogP contribution < -0.4 is 5.32 Å². The van der Waals surface area contributed by atoms with Gasteiger partial charge < -0.3 is 20.1 Å². The Labute approximate surface area is 124 Å². The second-order valence-corrected chi connectivity index (χ2v) is 6.52. The predicted octanol–water partition coefficient (Wildman–Crippen LogP) is 1.40. The van der Waals surface area contributed by atoms with E-state index in [0.717, 1.165) is 5.75 Å². The number of urea groups is 1. The number of carbonyl (C=O) groups excluding carboxylic acids is 1. The minimum absolute atomic E-state index is 0.00469. The number of aliphatic carboxylic acids is 1. The first kappa shape index (κ1) is 17.1. The largest absolute Gasteiger partial charge is 0.481 e. The number of nitrogens with zero attached hydrogens (tertiary/aromatic N) is 1. The summed E-state index contributed by atoms with van der Waals surface area (Å²) in [6.07, 6.45) is -0.00469. The zero-order valence-corrected chi connectivity index (χ0v) is 13.2. The first-order valence-electron chi connectivity index (χ1n) is 6.83. The lowest BCUT2D eigenvalue weighted by molar-refractivity contribution is -0.138. The van der Waals surface area contributed by atoms with E-state index in [0.29, 0.717) is 25.4 Å². The topological polar surface area (TPSA) is 78.9 Å². The van der Waals surface area contributed by atoms with Gasteiger partial charge in [0.2, 0.25) is 0 Å². The quantitative estimate of drug-likeness (QED) is 0.775. The lowest BCUT2D eigenvalue weighted by Crippen LogP contribution is -2.53. The average molecular weight is 304 g/mol. The second kappa shape index (κ2) is 7.73. The monoisotopic (exact) mass is 304 g/mol. The summed E-state index contributed by atoms with van der Waals surface area (Å²) in [5, 5.41) is 11.7. The van der Waals surface area contributed by atoms with Crippen LogP contribution in [0.1, 0.15) is 27.2 Å². The summed E-state index contributed by atoms with van der Waals surface area (Å²) < 4.78 is 5.53. The normalized spacial score (nSPS) is 19.8. The Morgan fingerprint density at radius 2 is 2.20 bits per heavy atom. The van der Waals surface area contributed by atoms with E-state index in [1.165, 1.54) is 0 Å². The molecule has 0 aromatic carbocycles. The van der Waals surface area contributed by atoms with Gasteiger partial charge in [0.25, 0.3) is 0 Å². The third-order valence-electron chi connectivity index (χ3n) is 3.10. The zero-order chi connectivity index (χ0) is 15.2. The number of carbonyl (C=O) groups is 2. The van der Waals surface area contributed by atoms with Crippen molar-refractivity contribution in [2.75, 3.05) is 31.2 Å². The molecule has 0 radical (unpaired) electrons. The van der Waals surface area contributed by atoms with Crippen LogP contribution in [0.25, 0.3) is 0 Å². The molecule has 1 atom stereocenters. The maximum atomic E-state index is 12.2. The second-order valence-electron chi connectivity index (χ2n) is 5.37. The first-order valence-corrected chi connectivity index (χ1v) is 7.99. The van der Waals surface area contributed by atoms with Crippen LogP contribution in [0.15, 0.2) is 0 Å². The van der Waals surface area contributed by atoms with Crippen molar-refractivity contribution in [1.82, 2.24) is 10.2 Å². The fourth-order valence-corrected chi connectivity index (χ4v) is 3.19. The molecule has 1 heterocycles. The number of carboxylic acid groups (broad SMARTS) is 1. The van der Waals surface area contributed by atoms with E-state index in [4.69, 9.17) is 9.84 Å². The van der Waals surface area contributed by atoms with E-state index in [-0.39, 0.29) is 18.5 Å². The van der Waals surface area contributed by atoms with Gasteiger partial charge in [-0.25, -0.2) is 4.79 Å². The van der Waals surface area contributed by atoms with E-state index in [1.807, 2.05) is 20.8 Å². The molecular formula is C13H24N2O4S. The molecule has 1 saturated heterocycles. The standard InChI is InChI=1S/C13H24N2O4S/c1-4-19-13(2,3)9-14-12(18)15-5-6-20-8-10(15)7-11(16)17/h10H,4-9H2,1-3H3,(H,14,18)(H,16,17). The molecule has 0 saturated carbocycles. The number of nitrogens with one attached hydrogen (secondary N) is 1. The van der Waals surface area contributed by atoms with Gasteiger partial charge in [0.1, 0.15) is 0 Å². The lowest BCUT2D eigenvalue weighted by atomic mass is 10.1. The third-order valence-corrected chi connectivity index (χ3v) is 4.19. The molecule has 6 nitrogen and oxygen atoms in total. The molecule has 0 bridgehead atoms. The Kier molecular flexibility index (Phi) is 6.61. The number of carboxylic acids is 1. The van der Waals surface area contributed by atoms with E-state index >= 15 is 0 Å². The number of ether oxygens (including phenoxy) is 1. The number of amides is 2. The van der Waals surface area contributed by atoms with Crippen molar-refractivity contribution in [2.45, 2.75) is 38.8 Å². The highest BCUT2D eigenvalue weighted by Gasteiger charge is 2.29. The average Bonchev–Trinajstić information content (AvgIpc) is 2.36. The molecule has 7 heteroatoms. The summed E-state index contributed by atoms with van der Waals surface area (Å²) >= 11 is 1.69. The highest BCUT2D eigenvalue weighted by molar-refractivity contribution is 7.99. The molecule has 0 aromatic heterocycles. The van der Waals surface area contributed by atoms with Crippen LogP contribution in [-0.4, -0.2) is 64.9 Å². The van der Waals surface area contributed by atoms with Crippen molar-refractivity contribution < 1.29 is 19.4 Å². The van der Waals surface area contributed by atoms with Crippen LogP contribution in [0.5, 0.6) is 0 Å². The summed E-state index contributed by atoms with van der Waals surface area (Å²) in [5.41, 5.74) is -0.419. The Bertz CT molecular complexity index is 349. The molecule has 0 aliphatic carbocycles.